The van der Waals surface area contributed by atoms with E-state index in [1.54, 1.807) is 0 Å². The van der Waals surface area contributed by atoms with Gasteiger partial charge in [0.25, 0.3) is 0 Å². The third-order valence-corrected chi connectivity index (χ3v) is 5.37. The molecule has 3 nitrogen and oxygen atoms in total. The maximum absolute atomic E-state index is 10.1. The van der Waals surface area contributed by atoms with E-state index in [1.807, 2.05) is 0 Å². The van der Waals surface area contributed by atoms with Crippen molar-refractivity contribution in [3.05, 3.63) is 0 Å². The molecule has 0 amide bonds. The lowest BCUT2D eigenvalue weighted by atomic mass is 9.84. The normalized spacial score (nSPS) is 27.4. The minimum absolute atomic E-state index is 0.0846. The van der Waals surface area contributed by atoms with Crippen LogP contribution in [0.4, 0.5) is 0 Å². The highest BCUT2D eigenvalue weighted by Crippen LogP contribution is 2.30. The summed E-state index contributed by atoms with van der Waals surface area (Å²) >= 11 is 0. The quantitative estimate of drug-likeness (QED) is 0.817. The molecule has 0 aromatic carbocycles. The van der Waals surface area contributed by atoms with Crippen LogP contribution in [0.3, 0.4) is 0 Å². The first kappa shape index (κ1) is 16.3. The van der Waals surface area contributed by atoms with Gasteiger partial charge >= 0.3 is 0 Å². The van der Waals surface area contributed by atoms with E-state index in [9.17, 15) is 5.11 Å². The summed E-state index contributed by atoms with van der Waals surface area (Å²) in [7, 11) is 0. The lowest BCUT2D eigenvalue weighted by Gasteiger charge is -2.45. The summed E-state index contributed by atoms with van der Waals surface area (Å²) in [4.78, 5) is 2.59. The highest BCUT2D eigenvalue weighted by molar-refractivity contribution is 4.92. The molecule has 2 fully saturated rings. The van der Waals surface area contributed by atoms with Gasteiger partial charge in [-0.15, -0.1) is 0 Å². The van der Waals surface area contributed by atoms with Crippen molar-refractivity contribution in [3.8, 4) is 0 Å². The number of aliphatic hydroxyl groups is 1. The van der Waals surface area contributed by atoms with Crippen molar-refractivity contribution in [2.75, 3.05) is 32.8 Å². The van der Waals surface area contributed by atoms with Gasteiger partial charge in [0.15, 0.2) is 0 Å². The van der Waals surface area contributed by atoms with Gasteiger partial charge < -0.3 is 10.4 Å². The van der Waals surface area contributed by atoms with Crippen molar-refractivity contribution in [1.82, 2.24) is 10.2 Å². The van der Waals surface area contributed by atoms with Gasteiger partial charge in [0, 0.05) is 31.7 Å². The molecule has 3 heteroatoms. The van der Waals surface area contributed by atoms with E-state index in [4.69, 9.17) is 0 Å². The number of hydrogen-bond acceptors (Lipinski definition) is 3. The van der Waals surface area contributed by atoms with E-state index in [-0.39, 0.29) is 5.54 Å². The first-order valence-electron chi connectivity index (χ1n) is 8.94. The Hall–Kier alpha value is -0.120. The van der Waals surface area contributed by atoms with E-state index >= 15 is 0 Å². The summed E-state index contributed by atoms with van der Waals surface area (Å²) < 4.78 is 0. The van der Waals surface area contributed by atoms with Crippen molar-refractivity contribution in [2.24, 2.45) is 0 Å². The molecule has 0 bridgehead atoms. The Kier molecular flexibility index (Phi) is 7.32. The summed E-state index contributed by atoms with van der Waals surface area (Å²) in [6.07, 6.45) is 14.7. The second kappa shape index (κ2) is 9.01. The molecule has 0 atom stereocenters. The van der Waals surface area contributed by atoms with Crippen molar-refractivity contribution in [2.45, 2.75) is 76.2 Å². The summed E-state index contributed by atoms with van der Waals surface area (Å²) in [6, 6.07) is 0. The fourth-order valence-corrected chi connectivity index (χ4v) is 3.98. The Morgan fingerprint density at radius 1 is 0.750 bits per heavy atom. The molecule has 1 aliphatic heterocycles. The summed E-state index contributed by atoms with van der Waals surface area (Å²) in [6.45, 7) is 4.75. The molecule has 20 heavy (non-hydrogen) atoms. The first-order valence-corrected chi connectivity index (χ1v) is 8.94. The van der Waals surface area contributed by atoms with E-state index in [0.29, 0.717) is 6.61 Å². The fraction of sp³-hybridized carbons (Fsp3) is 1.00. The lowest BCUT2D eigenvalue weighted by Crippen LogP contribution is -2.58. The number of aliphatic hydroxyl groups excluding tert-OH is 1. The zero-order chi connectivity index (χ0) is 14.1. The molecule has 2 aliphatic rings. The van der Waals surface area contributed by atoms with Gasteiger partial charge in [-0.1, -0.05) is 57.8 Å². The second-order valence-corrected chi connectivity index (χ2v) is 6.80. The molecule has 0 spiro atoms. The Labute approximate surface area is 125 Å². The minimum atomic E-state index is 0.0846. The van der Waals surface area contributed by atoms with Crippen LogP contribution in [0.15, 0.2) is 0 Å². The standard InChI is InChI=1S/C17H34N2O/c20-16-17(19-14-12-18-13-15-19)10-8-6-4-2-1-3-5-7-9-11-17/h18,20H,1-16H2. The molecule has 1 heterocycles. The van der Waals surface area contributed by atoms with Crippen LogP contribution in [0, 0.1) is 0 Å². The maximum Gasteiger partial charge on any atom is 0.0615 e. The first-order chi connectivity index (χ1) is 9.87. The number of rotatable bonds is 2. The summed E-state index contributed by atoms with van der Waals surface area (Å²) in [5.41, 5.74) is 0.0846. The summed E-state index contributed by atoms with van der Waals surface area (Å²) in [5.74, 6) is 0. The van der Waals surface area contributed by atoms with Crippen LogP contribution in [0.25, 0.3) is 0 Å². The minimum Gasteiger partial charge on any atom is -0.394 e. The summed E-state index contributed by atoms with van der Waals surface area (Å²) in [5, 5.41) is 13.6. The van der Waals surface area contributed by atoms with Crippen molar-refractivity contribution in [1.29, 1.82) is 0 Å². The molecule has 1 saturated carbocycles. The van der Waals surface area contributed by atoms with Gasteiger partial charge in [-0.2, -0.15) is 0 Å². The van der Waals surface area contributed by atoms with Gasteiger partial charge in [0.1, 0.15) is 0 Å². The van der Waals surface area contributed by atoms with E-state index in [0.717, 1.165) is 26.2 Å². The average Bonchev–Trinajstić information content (AvgIpc) is 2.49. The monoisotopic (exact) mass is 282 g/mol. The molecule has 1 saturated heterocycles. The number of hydrogen-bond donors (Lipinski definition) is 2. The third-order valence-electron chi connectivity index (χ3n) is 5.37. The molecule has 118 valence electrons. The Balaban J connectivity index is 1.96. The molecule has 1 aliphatic carbocycles. The maximum atomic E-state index is 10.1. The third kappa shape index (κ3) is 4.71. The Morgan fingerprint density at radius 2 is 1.20 bits per heavy atom. The highest BCUT2D eigenvalue weighted by Gasteiger charge is 2.35. The van der Waals surface area contributed by atoms with Crippen LogP contribution in [0.2, 0.25) is 0 Å². The highest BCUT2D eigenvalue weighted by atomic mass is 16.3. The molecular weight excluding hydrogens is 248 g/mol. The van der Waals surface area contributed by atoms with Crippen LogP contribution < -0.4 is 5.32 Å². The molecule has 2 N–H and O–H groups in total. The molecule has 2 rings (SSSR count). The van der Waals surface area contributed by atoms with Gasteiger partial charge in [0.2, 0.25) is 0 Å². The molecular formula is C17H34N2O. The largest absolute Gasteiger partial charge is 0.394 e. The SMILES string of the molecule is OCC1(N2CCNCC2)CCCCCCCCCCC1. The number of nitrogens with one attached hydrogen (secondary N) is 1. The van der Waals surface area contributed by atoms with Gasteiger partial charge in [-0.05, 0) is 12.8 Å². The van der Waals surface area contributed by atoms with E-state index in [2.05, 4.69) is 10.2 Å². The van der Waals surface area contributed by atoms with E-state index < -0.39 is 0 Å². The predicted molar refractivity (Wildman–Crippen MR) is 85.0 cm³/mol. The molecule has 0 aromatic heterocycles. The van der Waals surface area contributed by atoms with Gasteiger partial charge in [-0.3, -0.25) is 4.90 Å². The zero-order valence-electron chi connectivity index (χ0n) is 13.2. The van der Waals surface area contributed by atoms with Crippen molar-refractivity contribution >= 4 is 0 Å². The van der Waals surface area contributed by atoms with Crippen molar-refractivity contribution in [3.63, 3.8) is 0 Å². The lowest BCUT2D eigenvalue weighted by molar-refractivity contribution is 0.00355. The Morgan fingerprint density at radius 3 is 1.65 bits per heavy atom. The molecule has 0 aromatic rings. The zero-order valence-corrected chi connectivity index (χ0v) is 13.2. The van der Waals surface area contributed by atoms with Gasteiger partial charge in [0.05, 0.1) is 6.61 Å². The van der Waals surface area contributed by atoms with Crippen LogP contribution in [-0.4, -0.2) is 48.3 Å². The van der Waals surface area contributed by atoms with Crippen LogP contribution in [-0.2, 0) is 0 Å². The molecule has 0 unspecified atom stereocenters. The van der Waals surface area contributed by atoms with Crippen LogP contribution in [0.1, 0.15) is 70.6 Å². The number of nitrogens with zero attached hydrogens (tertiary/aromatic N) is 1. The van der Waals surface area contributed by atoms with E-state index in [1.165, 1.54) is 70.6 Å². The fourth-order valence-electron chi connectivity index (χ4n) is 3.98. The van der Waals surface area contributed by atoms with Gasteiger partial charge in [-0.25, -0.2) is 0 Å². The average molecular weight is 282 g/mol. The Bertz CT molecular complexity index is 239. The second-order valence-electron chi connectivity index (χ2n) is 6.80. The van der Waals surface area contributed by atoms with Crippen LogP contribution >= 0.6 is 0 Å². The topological polar surface area (TPSA) is 35.5 Å². The van der Waals surface area contributed by atoms with Crippen LogP contribution in [0.5, 0.6) is 0 Å². The van der Waals surface area contributed by atoms with Crippen molar-refractivity contribution < 1.29 is 5.11 Å². The predicted octanol–water partition coefficient (Wildman–Crippen LogP) is 2.93. The molecule has 0 radical (unpaired) electrons. The smallest absolute Gasteiger partial charge is 0.0615 e. The number of piperazine rings is 1.